The Morgan fingerprint density at radius 2 is 1.91 bits per heavy atom. The van der Waals surface area contributed by atoms with E-state index >= 15 is 0 Å². The van der Waals surface area contributed by atoms with Crippen LogP contribution in [0.15, 0.2) is 24.5 Å². The van der Waals surface area contributed by atoms with E-state index < -0.39 is 0 Å². The van der Waals surface area contributed by atoms with E-state index in [-0.39, 0.29) is 6.79 Å². The zero-order valence-corrected chi connectivity index (χ0v) is 12.3. The van der Waals surface area contributed by atoms with Gasteiger partial charge in [0, 0.05) is 17.3 Å². The second-order valence-electron chi connectivity index (χ2n) is 5.91. The molecule has 22 heavy (non-hydrogen) atoms. The van der Waals surface area contributed by atoms with Crippen LogP contribution in [0.1, 0.15) is 48.5 Å². The molecule has 5 heteroatoms. The molecule has 5 nitrogen and oxygen atoms in total. The lowest BCUT2D eigenvalue weighted by Gasteiger charge is -2.21. The molecule has 1 aromatic carbocycles. The van der Waals surface area contributed by atoms with Gasteiger partial charge in [-0.3, -0.25) is 9.48 Å². The van der Waals surface area contributed by atoms with Gasteiger partial charge in [0.05, 0.1) is 12.2 Å². The highest BCUT2D eigenvalue weighted by Gasteiger charge is 2.20. The Labute approximate surface area is 128 Å². The first-order chi connectivity index (χ1) is 10.8. The lowest BCUT2D eigenvalue weighted by atomic mass is 9.95. The van der Waals surface area contributed by atoms with E-state index in [0.717, 1.165) is 17.4 Å². The van der Waals surface area contributed by atoms with Gasteiger partial charge in [-0.25, -0.2) is 0 Å². The molecular formula is C17H18N2O3. The van der Waals surface area contributed by atoms with Crippen LogP contribution in [-0.4, -0.2) is 22.9 Å². The van der Waals surface area contributed by atoms with Crippen LogP contribution in [0, 0.1) is 0 Å². The summed E-state index contributed by atoms with van der Waals surface area (Å²) >= 11 is 0. The van der Waals surface area contributed by atoms with Crippen molar-refractivity contribution in [3.8, 4) is 22.6 Å². The molecule has 0 spiro atoms. The molecular weight excluding hydrogens is 280 g/mol. The van der Waals surface area contributed by atoms with Crippen LogP contribution < -0.4 is 9.47 Å². The van der Waals surface area contributed by atoms with Crippen molar-refractivity contribution in [3.63, 3.8) is 0 Å². The van der Waals surface area contributed by atoms with Crippen LogP contribution in [0.25, 0.3) is 11.1 Å². The predicted octanol–water partition coefficient (Wildman–Crippen LogP) is 3.60. The maximum absolute atomic E-state index is 11.4. The van der Waals surface area contributed by atoms with E-state index in [9.17, 15) is 4.79 Å². The largest absolute Gasteiger partial charge is 0.454 e. The Kier molecular flexibility index (Phi) is 3.33. The van der Waals surface area contributed by atoms with Crippen molar-refractivity contribution in [1.82, 2.24) is 9.78 Å². The van der Waals surface area contributed by atoms with E-state index in [4.69, 9.17) is 9.47 Å². The molecule has 2 aromatic rings. The standard InChI is InChI=1S/C17H18N2O3/c20-10-12-6-16-17(22-11-21-16)7-15(12)13-8-18-19(9-13)14-4-2-1-3-5-14/h6-10,14H,1-5,11H2. The number of aromatic nitrogens is 2. The van der Waals surface area contributed by atoms with Gasteiger partial charge in [-0.15, -0.1) is 0 Å². The van der Waals surface area contributed by atoms with E-state index in [1.165, 1.54) is 32.1 Å². The molecule has 1 aliphatic carbocycles. The number of carbonyl (C=O) groups is 1. The predicted molar refractivity (Wildman–Crippen MR) is 81.3 cm³/mol. The summed E-state index contributed by atoms with van der Waals surface area (Å²) in [6.45, 7) is 0.207. The van der Waals surface area contributed by atoms with Crippen LogP contribution >= 0.6 is 0 Å². The van der Waals surface area contributed by atoms with Crippen LogP contribution in [0.4, 0.5) is 0 Å². The van der Waals surface area contributed by atoms with Gasteiger partial charge in [-0.1, -0.05) is 19.3 Å². The molecule has 0 atom stereocenters. The SMILES string of the molecule is O=Cc1cc2c(cc1-c1cnn(C3CCCCC3)c1)OCO2. The number of benzene rings is 1. The van der Waals surface area contributed by atoms with Gasteiger partial charge in [-0.05, 0) is 30.5 Å². The summed E-state index contributed by atoms with van der Waals surface area (Å²) in [5.74, 6) is 1.32. The summed E-state index contributed by atoms with van der Waals surface area (Å²) in [6, 6.07) is 4.09. The first kappa shape index (κ1) is 13.4. The third kappa shape index (κ3) is 2.26. The van der Waals surface area contributed by atoms with Gasteiger partial charge in [0.1, 0.15) is 0 Å². The summed E-state index contributed by atoms with van der Waals surface area (Å²) in [5.41, 5.74) is 2.40. The summed E-state index contributed by atoms with van der Waals surface area (Å²) in [5, 5.41) is 4.51. The van der Waals surface area contributed by atoms with E-state index in [2.05, 4.69) is 5.10 Å². The summed E-state index contributed by atoms with van der Waals surface area (Å²) in [6.07, 6.45) is 11.0. The van der Waals surface area contributed by atoms with E-state index in [0.29, 0.717) is 23.1 Å². The van der Waals surface area contributed by atoms with E-state index in [1.807, 2.05) is 23.1 Å². The molecule has 0 bridgehead atoms. The molecule has 0 amide bonds. The zero-order chi connectivity index (χ0) is 14.9. The molecule has 0 N–H and O–H groups in total. The second-order valence-corrected chi connectivity index (χ2v) is 5.91. The summed E-state index contributed by atoms with van der Waals surface area (Å²) < 4.78 is 12.8. The second kappa shape index (κ2) is 5.48. The molecule has 1 aromatic heterocycles. The maximum Gasteiger partial charge on any atom is 0.231 e. The number of nitrogens with zero attached hydrogens (tertiary/aromatic N) is 2. The molecule has 1 aliphatic heterocycles. The number of hydrogen-bond acceptors (Lipinski definition) is 4. The minimum Gasteiger partial charge on any atom is -0.454 e. The van der Waals surface area contributed by atoms with E-state index in [1.54, 1.807) is 6.07 Å². The monoisotopic (exact) mass is 298 g/mol. The number of hydrogen-bond donors (Lipinski definition) is 0. The van der Waals surface area contributed by atoms with Crippen LogP contribution in [-0.2, 0) is 0 Å². The van der Waals surface area contributed by atoms with Gasteiger partial charge in [0.25, 0.3) is 0 Å². The normalized spacial score (nSPS) is 17.6. The van der Waals surface area contributed by atoms with Crippen LogP contribution in [0.3, 0.4) is 0 Å². The quantitative estimate of drug-likeness (QED) is 0.812. The number of ether oxygens (including phenoxy) is 2. The zero-order valence-electron chi connectivity index (χ0n) is 12.3. The van der Waals surface area contributed by atoms with Gasteiger partial charge in [0.2, 0.25) is 6.79 Å². The average Bonchev–Trinajstić information content (AvgIpc) is 3.23. The third-order valence-electron chi connectivity index (χ3n) is 4.53. The minimum atomic E-state index is 0.207. The molecule has 0 unspecified atom stereocenters. The molecule has 1 saturated carbocycles. The first-order valence-electron chi connectivity index (χ1n) is 7.78. The smallest absolute Gasteiger partial charge is 0.231 e. The van der Waals surface area contributed by atoms with Gasteiger partial charge in [-0.2, -0.15) is 5.10 Å². The van der Waals surface area contributed by atoms with Crippen molar-refractivity contribution in [2.45, 2.75) is 38.1 Å². The fourth-order valence-corrected chi connectivity index (χ4v) is 3.33. The molecule has 2 heterocycles. The highest BCUT2D eigenvalue weighted by atomic mass is 16.7. The molecule has 4 rings (SSSR count). The van der Waals surface area contributed by atoms with Crippen molar-refractivity contribution in [2.75, 3.05) is 6.79 Å². The molecule has 0 radical (unpaired) electrons. The Morgan fingerprint density at radius 1 is 1.14 bits per heavy atom. The Morgan fingerprint density at radius 3 is 2.68 bits per heavy atom. The maximum atomic E-state index is 11.4. The minimum absolute atomic E-state index is 0.207. The van der Waals surface area contributed by atoms with Gasteiger partial charge >= 0.3 is 0 Å². The molecule has 2 aliphatic rings. The van der Waals surface area contributed by atoms with Gasteiger partial charge in [0.15, 0.2) is 17.8 Å². The Bertz CT molecular complexity index is 702. The summed E-state index contributed by atoms with van der Waals surface area (Å²) in [4.78, 5) is 11.4. The lowest BCUT2D eigenvalue weighted by Crippen LogP contribution is -2.12. The van der Waals surface area contributed by atoms with Crippen LogP contribution in [0.5, 0.6) is 11.5 Å². The van der Waals surface area contributed by atoms with Crippen LogP contribution in [0.2, 0.25) is 0 Å². The Balaban J connectivity index is 1.70. The topological polar surface area (TPSA) is 53.4 Å². The van der Waals surface area contributed by atoms with Gasteiger partial charge < -0.3 is 9.47 Å². The van der Waals surface area contributed by atoms with Crippen molar-refractivity contribution in [2.24, 2.45) is 0 Å². The average molecular weight is 298 g/mol. The third-order valence-corrected chi connectivity index (χ3v) is 4.53. The molecule has 114 valence electrons. The van der Waals surface area contributed by atoms with Crippen molar-refractivity contribution >= 4 is 6.29 Å². The fourth-order valence-electron chi connectivity index (χ4n) is 3.33. The Hall–Kier alpha value is -2.30. The number of carbonyl (C=O) groups excluding carboxylic acids is 1. The summed E-state index contributed by atoms with van der Waals surface area (Å²) in [7, 11) is 0. The van der Waals surface area contributed by atoms with Crippen molar-refractivity contribution in [1.29, 1.82) is 0 Å². The number of rotatable bonds is 3. The number of aldehydes is 1. The highest BCUT2D eigenvalue weighted by Crippen LogP contribution is 2.38. The lowest BCUT2D eigenvalue weighted by molar-refractivity contribution is 0.112. The fraction of sp³-hybridized carbons (Fsp3) is 0.412. The van der Waals surface area contributed by atoms with Crippen molar-refractivity contribution in [3.05, 3.63) is 30.1 Å². The molecule has 0 saturated heterocycles. The first-order valence-corrected chi connectivity index (χ1v) is 7.78. The van der Waals surface area contributed by atoms with Crippen molar-refractivity contribution < 1.29 is 14.3 Å². The number of fused-ring (bicyclic) bond motifs is 1. The highest BCUT2D eigenvalue weighted by molar-refractivity contribution is 5.89. The molecule has 1 fully saturated rings.